The first-order valence-electron chi connectivity index (χ1n) is 4.14. The minimum absolute atomic E-state index is 0.312. The Kier molecular flexibility index (Phi) is 1.99. The molecule has 0 aromatic heterocycles. The predicted molar refractivity (Wildman–Crippen MR) is 61.7 cm³/mol. The SMILES string of the molecule is CC1(I)C=c2ccccc2=CC1. The molecule has 0 N–H and O–H groups in total. The third kappa shape index (κ3) is 1.56. The van der Waals surface area contributed by atoms with Gasteiger partial charge in [-0.15, -0.1) is 0 Å². The summed E-state index contributed by atoms with van der Waals surface area (Å²) in [6.07, 6.45) is 5.81. The van der Waals surface area contributed by atoms with Gasteiger partial charge in [-0.05, 0) is 23.8 Å². The van der Waals surface area contributed by atoms with Crippen molar-refractivity contribution >= 4 is 34.7 Å². The molecule has 0 aliphatic heterocycles. The molecule has 0 heterocycles. The van der Waals surface area contributed by atoms with E-state index in [2.05, 4.69) is 65.9 Å². The summed E-state index contributed by atoms with van der Waals surface area (Å²) in [6, 6.07) is 8.56. The zero-order chi connectivity index (χ0) is 8.60. The summed E-state index contributed by atoms with van der Waals surface area (Å²) in [5.41, 5.74) is 0. The molecule has 0 bridgehead atoms. The second-order valence-corrected chi connectivity index (χ2v) is 5.92. The molecule has 1 atom stereocenters. The fourth-order valence-electron chi connectivity index (χ4n) is 1.52. The Hall–Kier alpha value is -0.310. The third-order valence-electron chi connectivity index (χ3n) is 2.17. The van der Waals surface area contributed by atoms with Crippen LogP contribution in [0, 0.1) is 0 Å². The quantitative estimate of drug-likeness (QED) is 0.498. The molecule has 1 unspecified atom stereocenters. The van der Waals surface area contributed by atoms with Crippen LogP contribution in [0.25, 0.3) is 12.2 Å². The fourth-order valence-corrected chi connectivity index (χ4v) is 2.08. The van der Waals surface area contributed by atoms with Crippen molar-refractivity contribution in [3.8, 4) is 0 Å². The molecule has 1 aromatic carbocycles. The Bertz CT molecular complexity index is 401. The van der Waals surface area contributed by atoms with Crippen molar-refractivity contribution in [1.29, 1.82) is 0 Å². The van der Waals surface area contributed by atoms with E-state index in [1.807, 2.05) is 0 Å². The van der Waals surface area contributed by atoms with E-state index in [9.17, 15) is 0 Å². The molecule has 2 rings (SSSR count). The lowest BCUT2D eigenvalue weighted by atomic mass is 9.99. The molecule has 1 aliphatic carbocycles. The number of hydrogen-bond donors (Lipinski definition) is 0. The molecule has 0 fully saturated rings. The Balaban J connectivity index is 2.72. The van der Waals surface area contributed by atoms with E-state index in [-0.39, 0.29) is 0 Å². The number of hydrogen-bond acceptors (Lipinski definition) is 0. The van der Waals surface area contributed by atoms with Gasteiger partial charge in [0.15, 0.2) is 0 Å². The third-order valence-corrected chi connectivity index (χ3v) is 2.93. The summed E-state index contributed by atoms with van der Waals surface area (Å²) < 4.78 is 0.312. The maximum absolute atomic E-state index is 2.50. The van der Waals surface area contributed by atoms with Gasteiger partial charge in [-0.2, -0.15) is 0 Å². The monoisotopic (exact) mass is 270 g/mol. The average Bonchev–Trinajstić information content (AvgIpc) is 2.02. The maximum atomic E-state index is 2.50. The summed E-state index contributed by atoms with van der Waals surface area (Å²) in [4.78, 5) is 0. The molecule has 1 aliphatic rings. The summed E-state index contributed by atoms with van der Waals surface area (Å²) in [6.45, 7) is 2.26. The van der Waals surface area contributed by atoms with Crippen LogP contribution in [0.5, 0.6) is 0 Å². The van der Waals surface area contributed by atoms with Gasteiger partial charge in [-0.25, -0.2) is 0 Å². The van der Waals surface area contributed by atoms with Crippen LogP contribution in [0.1, 0.15) is 13.3 Å². The molecular formula is C11H11I. The average molecular weight is 270 g/mol. The topological polar surface area (TPSA) is 0 Å². The van der Waals surface area contributed by atoms with Crippen molar-refractivity contribution < 1.29 is 0 Å². The first-order valence-corrected chi connectivity index (χ1v) is 5.22. The molecule has 0 radical (unpaired) electrons. The second kappa shape index (κ2) is 2.87. The van der Waals surface area contributed by atoms with Crippen LogP contribution in [0.15, 0.2) is 24.3 Å². The lowest BCUT2D eigenvalue weighted by molar-refractivity contribution is 0.901. The van der Waals surface area contributed by atoms with Crippen molar-refractivity contribution in [3.05, 3.63) is 34.7 Å². The van der Waals surface area contributed by atoms with Crippen molar-refractivity contribution in [2.75, 3.05) is 0 Å². The smallest absolute Gasteiger partial charge is 0.0416 e. The van der Waals surface area contributed by atoms with Crippen molar-refractivity contribution in [3.63, 3.8) is 0 Å². The first-order chi connectivity index (χ1) is 5.67. The molecule has 12 heavy (non-hydrogen) atoms. The van der Waals surface area contributed by atoms with E-state index >= 15 is 0 Å². The summed E-state index contributed by atoms with van der Waals surface area (Å²) in [5.74, 6) is 0. The normalized spacial score (nSPS) is 26.8. The molecule has 62 valence electrons. The molecular weight excluding hydrogens is 259 g/mol. The lowest BCUT2D eigenvalue weighted by Crippen LogP contribution is -2.32. The Labute approximate surface area is 86.1 Å². The van der Waals surface area contributed by atoms with E-state index in [0.717, 1.165) is 6.42 Å². The first kappa shape index (κ1) is 8.30. The highest BCUT2D eigenvalue weighted by Crippen LogP contribution is 2.25. The van der Waals surface area contributed by atoms with Crippen LogP contribution in [-0.4, -0.2) is 3.42 Å². The van der Waals surface area contributed by atoms with Gasteiger partial charge in [0, 0.05) is 3.42 Å². The number of benzene rings is 1. The molecule has 0 nitrogen and oxygen atoms in total. The number of halogens is 1. The standard InChI is InChI=1S/C11H11I/c1-11(12)7-6-9-4-2-3-5-10(9)8-11/h2-6,8H,7H2,1H3. The second-order valence-electron chi connectivity index (χ2n) is 3.46. The minimum Gasteiger partial charge on any atom is -0.0750 e. The van der Waals surface area contributed by atoms with Gasteiger partial charge in [-0.1, -0.05) is 59.0 Å². The number of fused-ring (bicyclic) bond motifs is 1. The molecule has 1 aromatic rings. The van der Waals surface area contributed by atoms with Gasteiger partial charge in [0.2, 0.25) is 0 Å². The highest BCUT2D eigenvalue weighted by atomic mass is 127. The van der Waals surface area contributed by atoms with E-state index in [0.29, 0.717) is 3.42 Å². The molecule has 0 spiro atoms. The minimum atomic E-state index is 0.312. The van der Waals surface area contributed by atoms with E-state index in [1.165, 1.54) is 10.4 Å². The molecule has 0 amide bonds. The highest BCUT2D eigenvalue weighted by molar-refractivity contribution is 14.1. The van der Waals surface area contributed by atoms with Crippen LogP contribution in [0.4, 0.5) is 0 Å². The van der Waals surface area contributed by atoms with E-state index < -0.39 is 0 Å². The van der Waals surface area contributed by atoms with Crippen molar-refractivity contribution in [1.82, 2.24) is 0 Å². The van der Waals surface area contributed by atoms with Crippen molar-refractivity contribution in [2.24, 2.45) is 0 Å². The zero-order valence-corrected chi connectivity index (χ0v) is 9.21. The molecule has 0 saturated heterocycles. The Morgan fingerprint density at radius 3 is 2.67 bits per heavy atom. The van der Waals surface area contributed by atoms with Gasteiger partial charge >= 0.3 is 0 Å². The largest absolute Gasteiger partial charge is 0.0750 e. The Morgan fingerprint density at radius 2 is 1.92 bits per heavy atom. The summed E-state index contributed by atoms with van der Waals surface area (Å²) in [7, 11) is 0. The van der Waals surface area contributed by atoms with Gasteiger partial charge in [0.25, 0.3) is 0 Å². The molecule has 0 saturated carbocycles. The van der Waals surface area contributed by atoms with Gasteiger partial charge < -0.3 is 0 Å². The van der Waals surface area contributed by atoms with Crippen molar-refractivity contribution in [2.45, 2.75) is 16.8 Å². The van der Waals surface area contributed by atoms with Crippen LogP contribution >= 0.6 is 22.6 Å². The lowest BCUT2D eigenvalue weighted by Gasteiger charge is -2.18. The summed E-state index contributed by atoms with van der Waals surface area (Å²) in [5, 5.41) is 2.76. The highest BCUT2D eigenvalue weighted by Gasteiger charge is 2.16. The van der Waals surface area contributed by atoms with Gasteiger partial charge in [-0.3, -0.25) is 0 Å². The van der Waals surface area contributed by atoms with Gasteiger partial charge in [0.05, 0.1) is 0 Å². The fraction of sp³-hybridized carbons (Fsp3) is 0.273. The molecule has 1 heteroatoms. The predicted octanol–water partition coefficient (Wildman–Crippen LogP) is 1.85. The van der Waals surface area contributed by atoms with Crippen LogP contribution in [0.2, 0.25) is 0 Å². The maximum Gasteiger partial charge on any atom is 0.0416 e. The zero-order valence-electron chi connectivity index (χ0n) is 7.05. The van der Waals surface area contributed by atoms with Crippen LogP contribution < -0.4 is 10.4 Å². The Morgan fingerprint density at radius 1 is 1.25 bits per heavy atom. The summed E-state index contributed by atoms with van der Waals surface area (Å²) >= 11 is 2.50. The van der Waals surface area contributed by atoms with E-state index in [4.69, 9.17) is 0 Å². The van der Waals surface area contributed by atoms with Crippen LogP contribution in [-0.2, 0) is 0 Å². The number of alkyl halides is 1. The van der Waals surface area contributed by atoms with Crippen LogP contribution in [0.3, 0.4) is 0 Å². The van der Waals surface area contributed by atoms with Gasteiger partial charge in [0.1, 0.15) is 0 Å². The van der Waals surface area contributed by atoms with E-state index in [1.54, 1.807) is 0 Å². The number of rotatable bonds is 0.